The molecule has 1 aliphatic rings. The molecule has 2 aromatic carbocycles. The van der Waals surface area contributed by atoms with Gasteiger partial charge in [0.05, 0.1) is 5.56 Å². The standard InChI is InChI=1S/C31H43N3O4/c1-22(2)20-27(34-18-10-7-11-19-34)29(36)32-26(28(35)33-31(3,4)5)21-23-14-16-25(17-15-23)38-30(37)24-12-8-6-9-13-24/h6,8-9,12-17,22,26-27H,7,10-11,18-21H2,1-5H3,(H,32,36)(H,33,35)/p+1/t26-,27-/m0/s1. The number of nitrogens with zero attached hydrogens (tertiary/aromatic N) is 1. The van der Waals surface area contributed by atoms with Crippen LogP contribution in [0.15, 0.2) is 54.6 Å². The summed E-state index contributed by atoms with van der Waals surface area (Å²) in [6, 6.07) is 15.2. The van der Waals surface area contributed by atoms with E-state index in [-0.39, 0.29) is 17.8 Å². The molecule has 1 saturated heterocycles. The van der Waals surface area contributed by atoms with Crippen LogP contribution in [-0.4, -0.2) is 58.5 Å². The Bertz CT molecular complexity index is 1070. The van der Waals surface area contributed by atoms with Crippen LogP contribution in [0.25, 0.3) is 0 Å². The van der Waals surface area contributed by atoms with Crippen molar-refractivity contribution >= 4 is 17.8 Å². The van der Waals surface area contributed by atoms with E-state index in [0.29, 0.717) is 23.7 Å². The van der Waals surface area contributed by atoms with E-state index in [0.717, 1.165) is 37.9 Å². The Morgan fingerprint density at radius 2 is 1.63 bits per heavy atom. The number of likely N-dealkylation sites (tertiary alicyclic amines) is 1. The molecule has 1 aliphatic heterocycles. The Kier molecular flexibility index (Phi) is 10.5. The fourth-order valence-electron chi connectivity index (χ4n) is 4.72. The van der Waals surface area contributed by atoms with Crippen molar-refractivity contribution in [3.8, 4) is 5.75 Å². The number of carbonyl (C=O) groups is 2. The minimum atomic E-state index is -0.661. The Morgan fingerprint density at radius 3 is 2.21 bits per heavy atom. The van der Waals surface area contributed by atoms with E-state index in [2.05, 4.69) is 29.1 Å². The topological polar surface area (TPSA) is 92.8 Å². The van der Waals surface area contributed by atoms with Gasteiger partial charge in [0.1, 0.15) is 11.8 Å². The predicted octanol–water partition coefficient (Wildman–Crippen LogP) is 3.67. The minimum absolute atomic E-state index is 0.139. The van der Waals surface area contributed by atoms with Crippen molar-refractivity contribution in [2.75, 3.05) is 13.1 Å². The maximum atomic E-state index is 13.3. The molecule has 0 aliphatic carbocycles. The highest BCUT2D eigenvalue weighted by Crippen LogP contribution is 2.18. The number of rotatable bonds is 10. The largest absolute Gasteiger partial charge is 0.462 e. The van der Waals surface area contributed by atoms with E-state index in [1.807, 2.05) is 39.0 Å². The summed E-state index contributed by atoms with van der Waals surface area (Å²) in [5.41, 5.74) is 0.958. The van der Waals surface area contributed by atoms with Crippen molar-refractivity contribution in [2.45, 2.75) is 84.3 Å². The molecule has 2 atom stereocenters. The lowest BCUT2D eigenvalue weighted by Gasteiger charge is -2.32. The van der Waals surface area contributed by atoms with Gasteiger partial charge in [0.2, 0.25) is 6.04 Å². The van der Waals surface area contributed by atoms with Crippen molar-refractivity contribution in [2.24, 2.45) is 5.92 Å². The smallest absolute Gasteiger partial charge is 0.350 e. The van der Waals surface area contributed by atoms with Crippen LogP contribution in [0.4, 0.5) is 0 Å². The third kappa shape index (κ3) is 9.28. The lowest BCUT2D eigenvalue weighted by molar-refractivity contribution is -0.498. The summed E-state index contributed by atoms with van der Waals surface area (Å²) in [4.78, 5) is 31.2. The lowest BCUT2D eigenvalue weighted by atomic mass is 9.99. The average Bonchev–Trinajstić information content (AvgIpc) is 2.87. The van der Waals surface area contributed by atoms with Crippen LogP contribution in [-0.2, 0) is 11.2 Å². The van der Waals surface area contributed by atoms with Crippen LogP contribution in [0.3, 0.4) is 0 Å². The summed E-state index contributed by atoms with van der Waals surface area (Å²) in [6.45, 7) is 12.0. The van der Waals surface area contributed by atoms with Gasteiger partial charge < -0.3 is 15.2 Å². The SMILES string of the molecule is CC(C)C[C@@H](C(O)=[NH+][C@@H](Cc1ccc(OC(=O)c2ccccc2)cc1)C(=O)NC(C)(C)C)N1CCCCC1. The first-order chi connectivity index (χ1) is 18.0. The van der Waals surface area contributed by atoms with E-state index < -0.39 is 17.6 Å². The Morgan fingerprint density at radius 1 is 1.00 bits per heavy atom. The molecule has 1 heterocycles. The van der Waals surface area contributed by atoms with Crippen LogP contribution >= 0.6 is 0 Å². The highest BCUT2D eigenvalue weighted by Gasteiger charge is 2.34. The van der Waals surface area contributed by atoms with Crippen molar-refractivity contribution < 1.29 is 24.4 Å². The minimum Gasteiger partial charge on any atom is -0.462 e. The number of benzene rings is 2. The number of carbonyl (C=O) groups excluding carboxylic acids is 2. The molecule has 206 valence electrons. The number of ether oxygens (including phenoxy) is 1. The van der Waals surface area contributed by atoms with Gasteiger partial charge in [-0.1, -0.05) is 50.6 Å². The molecule has 7 nitrogen and oxygen atoms in total. The van der Waals surface area contributed by atoms with Gasteiger partial charge in [-0.15, -0.1) is 0 Å². The molecule has 3 N–H and O–H groups in total. The molecule has 2 aromatic rings. The molecule has 0 bridgehead atoms. The first kappa shape index (κ1) is 29.4. The van der Waals surface area contributed by atoms with Crippen LogP contribution < -0.4 is 15.0 Å². The van der Waals surface area contributed by atoms with Crippen LogP contribution in [0.5, 0.6) is 5.75 Å². The highest BCUT2D eigenvalue weighted by atomic mass is 16.5. The molecule has 38 heavy (non-hydrogen) atoms. The summed E-state index contributed by atoms with van der Waals surface area (Å²) in [7, 11) is 0. The second kappa shape index (κ2) is 13.6. The van der Waals surface area contributed by atoms with Gasteiger partial charge in [-0.2, -0.15) is 0 Å². The quantitative estimate of drug-likeness (QED) is 0.192. The Hall–Kier alpha value is -3.19. The van der Waals surface area contributed by atoms with Gasteiger partial charge in [0.15, 0.2) is 0 Å². The molecular formula is C31H44N3O4+. The summed E-state index contributed by atoms with van der Waals surface area (Å²) < 4.78 is 5.49. The summed E-state index contributed by atoms with van der Waals surface area (Å²) >= 11 is 0. The highest BCUT2D eigenvalue weighted by molar-refractivity contribution is 5.91. The third-order valence-corrected chi connectivity index (χ3v) is 6.56. The fraction of sp³-hybridized carbons (Fsp3) is 0.516. The average molecular weight is 523 g/mol. The number of amides is 1. The maximum absolute atomic E-state index is 13.3. The van der Waals surface area contributed by atoms with E-state index in [9.17, 15) is 14.7 Å². The number of aliphatic hydroxyl groups is 1. The van der Waals surface area contributed by atoms with Crippen LogP contribution in [0.2, 0.25) is 0 Å². The first-order valence-electron chi connectivity index (χ1n) is 13.8. The number of esters is 1. The van der Waals surface area contributed by atoms with Gasteiger partial charge in [-0.25, -0.2) is 9.79 Å². The lowest BCUT2D eigenvalue weighted by Crippen LogP contribution is -2.86. The normalized spacial score (nSPS) is 16.6. The molecule has 3 rings (SSSR count). The van der Waals surface area contributed by atoms with Gasteiger partial charge >= 0.3 is 11.9 Å². The predicted molar refractivity (Wildman–Crippen MR) is 150 cm³/mol. The van der Waals surface area contributed by atoms with Crippen molar-refractivity contribution in [3.05, 3.63) is 65.7 Å². The summed E-state index contributed by atoms with van der Waals surface area (Å²) in [6.07, 6.45) is 4.64. The fourth-order valence-corrected chi connectivity index (χ4v) is 4.72. The Labute approximate surface area is 227 Å². The number of nitrogens with one attached hydrogen (secondary N) is 2. The molecule has 1 amide bonds. The van der Waals surface area contributed by atoms with Gasteiger partial charge in [0, 0.05) is 12.0 Å². The van der Waals surface area contributed by atoms with Gasteiger partial charge in [0.25, 0.3) is 5.91 Å². The maximum Gasteiger partial charge on any atom is 0.350 e. The second-order valence-electron chi connectivity index (χ2n) is 11.7. The second-order valence-corrected chi connectivity index (χ2v) is 11.7. The Balaban J connectivity index is 1.79. The van der Waals surface area contributed by atoms with Crippen LogP contribution in [0.1, 0.15) is 76.2 Å². The number of hydrogen-bond donors (Lipinski definition) is 3. The zero-order valence-electron chi connectivity index (χ0n) is 23.5. The molecular weight excluding hydrogens is 478 g/mol. The van der Waals surface area contributed by atoms with E-state index in [1.165, 1.54) is 6.42 Å². The first-order valence-corrected chi connectivity index (χ1v) is 13.8. The molecule has 0 aromatic heterocycles. The molecule has 0 saturated carbocycles. The number of piperidine rings is 1. The van der Waals surface area contributed by atoms with Gasteiger partial charge in [-0.05, 0) is 88.9 Å². The molecule has 0 radical (unpaired) electrons. The van der Waals surface area contributed by atoms with Crippen molar-refractivity contribution in [1.82, 2.24) is 10.2 Å². The van der Waals surface area contributed by atoms with Crippen LogP contribution in [0, 0.1) is 5.92 Å². The summed E-state index contributed by atoms with van der Waals surface area (Å²) in [5.74, 6) is 0.395. The summed E-state index contributed by atoms with van der Waals surface area (Å²) in [5, 5.41) is 14.3. The zero-order chi connectivity index (χ0) is 27.7. The monoisotopic (exact) mass is 522 g/mol. The molecule has 0 unspecified atom stereocenters. The molecule has 7 heteroatoms. The molecule has 0 spiro atoms. The number of aliphatic hydroxyl groups excluding tert-OH is 1. The zero-order valence-corrected chi connectivity index (χ0v) is 23.5. The van der Waals surface area contributed by atoms with Gasteiger partial charge in [-0.3, -0.25) is 9.69 Å². The van der Waals surface area contributed by atoms with E-state index in [4.69, 9.17) is 4.74 Å². The number of hydrogen-bond acceptors (Lipinski definition) is 4. The third-order valence-electron chi connectivity index (χ3n) is 6.56. The van der Waals surface area contributed by atoms with E-state index >= 15 is 0 Å². The van der Waals surface area contributed by atoms with Crippen molar-refractivity contribution in [1.29, 1.82) is 0 Å². The molecule has 1 fully saturated rings. The van der Waals surface area contributed by atoms with E-state index in [1.54, 1.807) is 36.4 Å². The van der Waals surface area contributed by atoms with Crippen molar-refractivity contribution in [3.63, 3.8) is 0 Å².